The van der Waals surface area contributed by atoms with Crippen LogP contribution in [0.15, 0.2) is 0 Å². The fraction of sp³-hybridized carbons (Fsp3) is 1.00. The monoisotopic (exact) mass is 179 g/mol. The Kier molecular flexibility index (Phi) is 5.36. The van der Waals surface area contributed by atoms with Gasteiger partial charge in [0.2, 0.25) is 0 Å². The van der Waals surface area contributed by atoms with E-state index >= 15 is 0 Å². The molecule has 0 rings (SSSR count). The van der Waals surface area contributed by atoms with Gasteiger partial charge in [-0.25, -0.2) is 0 Å². The van der Waals surface area contributed by atoms with Gasteiger partial charge in [0.05, 0.1) is 0 Å². The second-order valence-corrected chi connectivity index (χ2v) is 2.35. The van der Waals surface area contributed by atoms with Gasteiger partial charge in [0.1, 0.15) is 12.8 Å². The average molecular weight is 179 g/mol. The van der Waals surface area contributed by atoms with Crippen LogP contribution in [0.3, 0.4) is 0 Å². The fourth-order valence-electron chi connectivity index (χ4n) is 0.791. The Bertz CT molecular complexity index is 114. The third kappa shape index (κ3) is 3.46. The molecule has 0 fully saturated rings. The van der Waals surface area contributed by atoms with Crippen LogP contribution >= 0.6 is 0 Å². The van der Waals surface area contributed by atoms with Crippen LogP contribution in [0.2, 0.25) is 0 Å². The van der Waals surface area contributed by atoms with Gasteiger partial charge >= 0.3 is 5.97 Å². The van der Waals surface area contributed by atoms with Crippen molar-refractivity contribution in [1.82, 2.24) is 0 Å². The zero-order valence-electron chi connectivity index (χ0n) is 7.99. The smallest absolute Gasteiger partial charge is 0.308 e. The third-order valence-electron chi connectivity index (χ3n) is 1.31. The maximum Gasteiger partial charge on any atom is 0.308 e. The van der Waals surface area contributed by atoms with Gasteiger partial charge in [-0.05, 0) is 6.92 Å². The minimum Gasteiger partial charge on any atom is -0.376 e. The van der Waals surface area contributed by atoms with E-state index in [0.717, 1.165) is 0 Å². The van der Waals surface area contributed by atoms with Crippen molar-refractivity contribution in [3.05, 3.63) is 0 Å². The molecule has 0 bridgehead atoms. The predicted octanol–water partition coefficient (Wildman–Crippen LogP) is -0.0993. The Morgan fingerprint density at radius 2 is 1.75 bits per heavy atom. The summed E-state index contributed by atoms with van der Waals surface area (Å²) in [6, 6.07) is 0. The number of nitrogens with two attached hydrogens (primary N) is 1. The standard InChI is InChI=1S/C7H17NO4/c1-6(8)12-7(10-3,11-4)5-9-2/h6H,5,8H2,1-4H3. The first-order valence-corrected chi connectivity index (χ1v) is 3.63. The predicted molar refractivity (Wildman–Crippen MR) is 43.4 cm³/mol. The van der Waals surface area contributed by atoms with Crippen molar-refractivity contribution in [1.29, 1.82) is 0 Å². The quantitative estimate of drug-likeness (QED) is 0.577. The highest BCUT2D eigenvalue weighted by atomic mass is 16.9. The summed E-state index contributed by atoms with van der Waals surface area (Å²) in [5.74, 6) is -1.19. The SMILES string of the molecule is COCC(OC)(OC)OC(C)N. The molecule has 0 aliphatic rings. The molecule has 0 aliphatic heterocycles. The molecule has 0 heterocycles. The molecule has 0 saturated carbocycles. The van der Waals surface area contributed by atoms with Crippen LogP contribution in [0.25, 0.3) is 0 Å². The number of hydrogen-bond acceptors (Lipinski definition) is 5. The van der Waals surface area contributed by atoms with Crippen LogP contribution in [0.5, 0.6) is 0 Å². The van der Waals surface area contributed by atoms with E-state index < -0.39 is 12.2 Å². The van der Waals surface area contributed by atoms with E-state index in [1.165, 1.54) is 21.3 Å². The lowest BCUT2D eigenvalue weighted by atomic mass is 10.5. The van der Waals surface area contributed by atoms with Crippen LogP contribution in [-0.2, 0) is 18.9 Å². The lowest BCUT2D eigenvalue weighted by Gasteiger charge is -2.30. The van der Waals surface area contributed by atoms with Gasteiger partial charge in [-0.3, -0.25) is 0 Å². The van der Waals surface area contributed by atoms with E-state index in [1.54, 1.807) is 6.92 Å². The van der Waals surface area contributed by atoms with Gasteiger partial charge in [-0.15, -0.1) is 0 Å². The first kappa shape index (κ1) is 11.8. The second-order valence-electron chi connectivity index (χ2n) is 2.35. The Morgan fingerprint density at radius 3 is 2.00 bits per heavy atom. The normalized spacial score (nSPS) is 14.8. The van der Waals surface area contributed by atoms with Gasteiger partial charge in [0.25, 0.3) is 0 Å². The highest BCUT2D eigenvalue weighted by Gasteiger charge is 2.32. The molecule has 1 unspecified atom stereocenters. The molecule has 5 nitrogen and oxygen atoms in total. The minimum absolute atomic E-state index is 0.168. The van der Waals surface area contributed by atoms with Crippen LogP contribution in [-0.4, -0.2) is 40.1 Å². The summed E-state index contributed by atoms with van der Waals surface area (Å²) in [6.07, 6.45) is -0.472. The summed E-state index contributed by atoms with van der Waals surface area (Å²) < 4.78 is 20.0. The van der Waals surface area contributed by atoms with Crippen molar-refractivity contribution < 1.29 is 18.9 Å². The summed E-state index contributed by atoms with van der Waals surface area (Å²) in [5, 5.41) is 0. The van der Waals surface area contributed by atoms with Crippen LogP contribution in [0, 0.1) is 0 Å². The van der Waals surface area contributed by atoms with E-state index in [1.807, 2.05) is 0 Å². The van der Waals surface area contributed by atoms with Gasteiger partial charge < -0.3 is 24.7 Å². The molecular weight excluding hydrogens is 162 g/mol. The Hall–Kier alpha value is -0.200. The van der Waals surface area contributed by atoms with Crippen LogP contribution in [0.1, 0.15) is 6.92 Å². The third-order valence-corrected chi connectivity index (χ3v) is 1.31. The average Bonchev–Trinajstić information content (AvgIpc) is 2.03. The van der Waals surface area contributed by atoms with E-state index in [-0.39, 0.29) is 6.61 Å². The molecule has 5 heteroatoms. The molecule has 0 spiro atoms. The van der Waals surface area contributed by atoms with Crippen LogP contribution < -0.4 is 5.73 Å². The molecule has 0 aromatic carbocycles. The van der Waals surface area contributed by atoms with Crippen molar-refractivity contribution in [2.45, 2.75) is 19.1 Å². The van der Waals surface area contributed by atoms with Crippen molar-refractivity contribution in [3.63, 3.8) is 0 Å². The fourth-order valence-corrected chi connectivity index (χ4v) is 0.791. The maximum atomic E-state index is 5.42. The molecule has 0 radical (unpaired) electrons. The van der Waals surface area contributed by atoms with Crippen molar-refractivity contribution >= 4 is 0 Å². The summed E-state index contributed by atoms with van der Waals surface area (Å²) in [4.78, 5) is 0. The van der Waals surface area contributed by atoms with Crippen molar-refractivity contribution in [2.24, 2.45) is 5.73 Å². The molecule has 0 saturated heterocycles. The topological polar surface area (TPSA) is 62.9 Å². The highest BCUT2D eigenvalue weighted by molar-refractivity contribution is 4.55. The summed E-state index contributed by atoms with van der Waals surface area (Å²) in [6.45, 7) is 1.85. The zero-order valence-corrected chi connectivity index (χ0v) is 7.99. The Morgan fingerprint density at radius 1 is 1.25 bits per heavy atom. The van der Waals surface area contributed by atoms with E-state index in [0.29, 0.717) is 0 Å². The molecule has 0 aromatic heterocycles. The van der Waals surface area contributed by atoms with E-state index in [9.17, 15) is 0 Å². The molecule has 1 atom stereocenters. The maximum absolute atomic E-state index is 5.42. The second kappa shape index (κ2) is 5.45. The number of rotatable bonds is 6. The first-order chi connectivity index (χ1) is 5.60. The van der Waals surface area contributed by atoms with Gasteiger partial charge in [-0.1, -0.05) is 0 Å². The lowest BCUT2D eigenvalue weighted by molar-refractivity contribution is -0.387. The van der Waals surface area contributed by atoms with Gasteiger partial charge in [0.15, 0.2) is 0 Å². The molecule has 0 aromatic rings. The number of methoxy groups -OCH3 is 3. The van der Waals surface area contributed by atoms with Gasteiger partial charge in [0, 0.05) is 21.3 Å². The Labute approximate surface area is 72.7 Å². The van der Waals surface area contributed by atoms with Crippen LogP contribution in [0.4, 0.5) is 0 Å². The zero-order chi connectivity index (χ0) is 9.61. The molecular formula is C7H17NO4. The molecule has 0 aliphatic carbocycles. The van der Waals surface area contributed by atoms with E-state index in [2.05, 4.69) is 0 Å². The van der Waals surface area contributed by atoms with Gasteiger partial charge in [-0.2, -0.15) is 0 Å². The number of hydrogen-bond donors (Lipinski definition) is 1. The first-order valence-electron chi connectivity index (χ1n) is 3.63. The molecule has 2 N–H and O–H groups in total. The summed E-state index contributed by atoms with van der Waals surface area (Å²) >= 11 is 0. The van der Waals surface area contributed by atoms with E-state index in [4.69, 9.17) is 24.7 Å². The largest absolute Gasteiger partial charge is 0.376 e. The summed E-state index contributed by atoms with van der Waals surface area (Å²) in [5.41, 5.74) is 5.42. The lowest BCUT2D eigenvalue weighted by Crippen LogP contribution is -2.46. The molecule has 0 amide bonds. The van der Waals surface area contributed by atoms with Crippen molar-refractivity contribution in [3.8, 4) is 0 Å². The van der Waals surface area contributed by atoms with Crippen molar-refractivity contribution in [2.75, 3.05) is 27.9 Å². The number of ether oxygens (including phenoxy) is 4. The molecule has 74 valence electrons. The Balaban J connectivity index is 4.13. The molecule has 12 heavy (non-hydrogen) atoms. The highest BCUT2D eigenvalue weighted by Crippen LogP contribution is 2.14. The summed E-state index contributed by atoms with van der Waals surface area (Å²) in [7, 11) is 4.45. The minimum atomic E-state index is -1.19.